The predicted molar refractivity (Wildman–Crippen MR) is 120 cm³/mol. The minimum atomic E-state index is -0.871. The topological polar surface area (TPSA) is 71.4 Å². The van der Waals surface area contributed by atoms with Crippen molar-refractivity contribution in [1.82, 2.24) is 9.88 Å². The fraction of sp³-hybridized carbons (Fsp3) is 0.160. The number of hydrogen-bond acceptors (Lipinski definition) is 3. The summed E-state index contributed by atoms with van der Waals surface area (Å²) >= 11 is 0. The van der Waals surface area contributed by atoms with E-state index in [9.17, 15) is 18.8 Å². The van der Waals surface area contributed by atoms with E-state index >= 15 is 0 Å². The van der Waals surface area contributed by atoms with Gasteiger partial charge in [0, 0.05) is 11.4 Å². The number of amides is 4. The molecule has 162 valence electrons. The molecule has 0 saturated carbocycles. The van der Waals surface area contributed by atoms with E-state index in [1.54, 1.807) is 0 Å². The molecule has 0 radical (unpaired) electrons. The zero-order valence-electron chi connectivity index (χ0n) is 18.2. The lowest BCUT2D eigenvalue weighted by Gasteiger charge is -2.26. The SMILES string of the molecule is Cc1cccc(C)c1-n1c(C)cc(/C=C2\C(=O)NC(=O)N(c3ccc(F)cc3)C2=O)c1C. The number of benzene rings is 2. The molecule has 32 heavy (non-hydrogen) atoms. The number of hydrogen-bond donors (Lipinski definition) is 1. The van der Waals surface area contributed by atoms with E-state index in [2.05, 4.69) is 9.88 Å². The van der Waals surface area contributed by atoms with Gasteiger partial charge in [-0.2, -0.15) is 0 Å². The third-order valence-corrected chi connectivity index (χ3v) is 5.62. The molecule has 4 amide bonds. The van der Waals surface area contributed by atoms with E-state index in [1.807, 2.05) is 52.0 Å². The van der Waals surface area contributed by atoms with Crippen molar-refractivity contribution in [3.05, 3.63) is 88.0 Å². The van der Waals surface area contributed by atoms with Crippen LogP contribution in [0.15, 0.2) is 54.1 Å². The molecule has 2 heterocycles. The second-order valence-corrected chi connectivity index (χ2v) is 7.84. The summed E-state index contributed by atoms with van der Waals surface area (Å²) in [4.78, 5) is 38.8. The van der Waals surface area contributed by atoms with Crippen molar-refractivity contribution in [2.45, 2.75) is 27.7 Å². The summed E-state index contributed by atoms with van der Waals surface area (Å²) < 4.78 is 15.4. The smallest absolute Gasteiger partial charge is 0.317 e. The lowest BCUT2D eigenvalue weighted by Crippen LogP contribution is -2.54. The van der Waals surface area contributed by atoms with Gasteiger partial charge in [-0.15, -0.1) is 0 Å². The summed E-state index contributed by atoms with van der Waals surface area (Å²) in [6.07, 6.45) is 1.49. The average molecular weight is 431 g/mol. The van der Waals surface area contributed by atoms with Crippen molar-refractivity contribution in [3.63, 3.8) is 0 Å². The highest BCUT2D eigenvalue weighted by atomic mass is 19.1. The van der Waals surface area contributed by atoms with Crippen LogP contribution in [0.5, 0.6) is 0 Å². The Labute approximate surface area is 185 Å². The number of rotatable bonds is 3. The van der Waals surface area contributed by atoms with Gasteiger partial charge >= 0.3 is 6.03 Å². The van der Waals surface area contributed by atoms with Crippen LogP contribution < -0.4 is 10.2 Å². The Morgan fingerprint density at radius 1 is 0.906 bits per heavy atom. The van der Waals surface area contributed by atoms with Crippen LogP contribution in [0.3, 0.4) is 0 Å². The number of aryl methyl sites for hydroxylation is 3. The molecule has 1 aliphatic rings. The monoisotopic (exact) mass is 431 g/mol. The Bertz CT molecular complexity index is 1280. The van der Waals surface area contributed by atoms with Crippen LogP contribution in [0.4, 0.5) is 14.9 Å². The number of imide groups is 2. The van der Waals surface area contributed by atoms with Gasteiger partial charge in [-0.3, -0.25) is 14.9 Å². The number of carbonyl (C=O) groups excluding carboxylic acids is 3. The molecule has 6 nitrogen and oxygen atoms in total. The van der Waals surface area contributed by atoms with Crippen LogP contribution in [-0.2, 0) is 9.59 Å². The number of barbiturate groups is 1. The zero-order chi connectivity index (χ0) is 23.2. The van der Waals surface area contributed by atoms with Gasteiger partial charge < -0.3 is 4.57 Å². The highest BCUT2D eigenvalue weighted by molar-refractivity contribution is 6.39. The largest absolute Gasteiger partial charge is 0.335 e. The number of nitrogens with one attached hydrogen (secondary N) is 1. The Morgan fingerprint density at radius 3 is 2.16 bits per heavy atom. The Balaban J connectivity index is 1.79. The Hall–Kier alpha value is -4.00. The summed E-state index contributed by atoms with van der Waals surface area (Å²) in [5.74, 6) is -2.03. The molecule has 1 aliphatic heterocycles. The molecule has 0 aliphatic carbocycles. The van der Waals surface area contributed by atoms with Gasteiger partial charge in [0.05, 0.1) is 11.4 Å². The molecule has 1 aromatic heterocycles. The molecule has 1 saturated heterocycles. The first kappa shape index (κ1) is 21.2. The van der Waals surface area contributed by atoms with Crippen molar-refractivity contribution in [2.75, 3.05) is 4.90 Å². The first-order chi connectivity index (χ1) is 15.2. The molecule has 3 aromatic rings. The molecule has 1 N–H and O–H groups in total. The van der Waals surface area contributed by atoms with Gasteiger partial charge in [0.1, 0.15) is 11.4 Å². The van der Waals surface area contributed by atoms with E-state index in [0.717, 1.165) is 45.2 Å². The number of para-hydroxylation sites is 1. The Kier molecular flexibility index (Phi) is 5.26. The van der Waals surface area contributed by atoms with E-state index in [1.165, 1.54) is 18.2 Å². The average Bonchev–Trinajstić information content (AvgIpc) is 3.00. The van der Waals surface area contributed by atoms with Gasteiger partial charge in [-0.05, 0) is 80.8 Å². The maximum absolute atomic E-state index is 13.3. The Morgan fingerprint density at radius 2 is 1.53 bits per heavy atom. The van der Waals surface area contributed by atoms with E-state index in [4.69, 9.17) is 0 Å². The number of halogens is 1. The maximum atomic E-state index is 13.3. The molecular weight excluding hydrogens is 409 g/mol. The molecule has 7 heteroatoms. The standard InChI is InChI=1S/C25H22FN3O3/c1-14-6-5-7-15(2)22(14)28-16(3)12-18(17(28)4)13-21-23(30)27-25(32)29(24(21)31)20-10-8-19(26)9-11-20/h5-13H,1-4H3,(H,27,30,32)/b21-13+. The number of nitrogens with zero attached hydrogens (tertiary/aromatic N) is 2. The molecule has 2 aromatic carbocycles. The van der Waals surface area contributed by atoms with Crippen LogP contribution in [0, 0.1) is 33.5 Å². The maximum Gasteiger partial charge on any atom is 0.335 e. The summed E-state index contributed by atoms with van der Waals surface area (Å²) in [5.41, 5.74) is 5.76. The molecule has 0 unspecified atom stereocenters. The first-order valence-corrected chi connectivity index (χ1v) is 10.1. The van der Waals surface area contributed by atoms with Crippen LogP contribution in [0.2, 0.25) is 0 Å². The lowest BCUT2D eigenvalue weighted by atomic mass is 10.1. The molecule has 0 atom stereocenters. The van der Waals surface area contributed by atoms with Crippen LogP contribution in [-0.4, -0.2) is 22.4 Å². The van der Waals surface area contributed by atoms with Crippen molar-refractivity contribution < 1.29 is 18.8 Å². The number of carbonyl (C=O) groups is 3. The highest BCUT2D eigenvalue weighted by Gasteiger charge is 2.37. The van der Waals surface area contributed by atoms with Gasteiger partial charge in [0.25, 0.3) is 11.8 Å². The number of urea groups is 1. The summed E-state index contributed by atoms with van der Waals surface area (Å²) in [7, 11) is 0. The lowest BCUT2D eigenvalue weighted by molar-refractivity contribution is -0.122. The third kappa shape index (κ3) is 3.51. The highest BCUT2D eigenvalue weighted by Crippen LogP contribution is 2.28. The second kappa shape index (κ2) is 7.92. The fourth-order valence-corrected chi connectivity index (χ4v) is 4.07. The normalized spacial score (nSPS) is 15.5. The zero-order valence-corrected chi connectivity index (χ0v) is 18.2. The van der Waals surface area contributed by atoms with Crippen LogP contribution in [0.1, 0.15) is 28.1 Å². The molecule has 1 fully saturated rings. The first-order valence-electron chi connectivity index (χ1n) is 10.1. The van der Waals surface area contributed by atoms with E-state index in [-0.39, 0.29) is 11.3 Å². The van der Waals surface area contributed by atoms with Crippen molar-refractivity contribution in [2.24, 2.45) is 0 Å². The molecule has 4 rings (SSSR count). The quantitative estimate of drug-likeness (QED) is 0.490. The minimum absolute atomic E-state index is 0.171. The van der Waals surface area contributed by atoms with E-state index in [0.29, 0.717) is 5.56 Å². The fourth-order valence-electron chi connectivity index (χ4n) is 4.07. The summed E-state index contributed by atoms with van der Waals surface area (Å²) in [6.45, 7) is 7.94. The van der Waals surface area contributed by atoms with Gasteiger partial charge in [-0.1, -0.05) is 18.2 Å². The number of anilines is 1. The van der Waals surface area contributed by atoms with Crippen molar-refractivity contribution >= 4 is 29.6 Å². The molecule has 0 bridgehead atoms. The van der Waals surface area contributed by atoms with Gasteiger partial charge in [0.15, 0.2) is 0 Å². The predicted octanol–water partition coefficient (Wildman–Crippen LogP) is 4.52. The third-order valence-electron chi connectivity index (χ3n) is 5.62. The van der Waals surface area contributed by atoms with Crippen molar-refractivity contribution in [3.8, 4) is 5.69 Å². The van der Waals surface area contributed by atoms with E-state index < -0.39 is 23.7 Å². The number of aromatic nitrogens is 1. The van der Waals surface area contributed by atoms with Gasteiger partial charge in [0.2, 0.25) is 0 Å². The summed E-state index contributed by atoms with van der Waals surface area (Å²) in [5, 5.41) is 2.19. The van der Waals surface area contributed by atoms with Gasteiger partial charge in [-0.25, -0.2) is 14.1 Å². The summed E-state index contributed by atoms with van der Waals surface area (Å²) in [6, 6.07) is 12.0. The minimum Gasteiger partial charge on any atom is -0.317 e. The molecular formula is C25H22FN3O3. The van der Waals surface area contributed by atoms with Crippen LogP contribution >= 0.6 is 0 Å². The molecule has 0 spiro atoms. The van der Waals surface area contributed by atoms with Crippen LogP contribution in [0.25, 0.3) is 11.8 Å². The second-order valence-electron chi connectivity index (χ2n) is 7.84. The van der Waals surface area contributed by atoms with Crippen molar-refractivity contribution in [1.29, 1.82) is 0 Å².